The molecule has 0 fully saturated rings. The maximum Gasteiger partial charge on any atom is 0.313 e. The van der Waals surface area contributed by atoms with Crippen molar-refractivity contribution in [1.82, 2.24) is 0 Å². The summed E-state index contributed by atoms with van der Waals surface area (Å²) in [4.78, 5) is 10.0. The van der Waals surface area contributed by atoms with Crippen molar-refractivity contribution in [1.29, 1.82) is 0 Å². The maximum absolute atomic E-state index is 12.6. The van der Waals surface area contributed by atoms with Crippen molar-refractivity contribution in [3.63, 3.8) is 0 Å². The summed E-state index contributed by atoms with van der Waals surface area (Å²) in [5.41, 5.74) is 0. The van der Waals surface area contributed by atoms with Gasteiger partial charge in [-0.2, -0.15) is 0 Å². The largest absolute Gasteiger partial charge is 0.481 e. The Kier molecular flexibility index (Phi) is 7.01. The van der Waals surface area contributed by atoms with Gasteiger partial charge in [0.15, 0.2) is 0 Å². The number of allylic oxidation sites excluding steroid dienone is 5. The molecule has 0 aliphatic carbocycles. The monoisotopic (exact) mass is 202 g/mol. The van der Waals surface area contributed by atoms with Crippen LogP contribution >= 0.6 is 11.8 Å². The minimum Gasteiger partial charge on any atom is -0.481 e. The van der Waals surface area contributed by atoms with Crippen molar-refractivity contribution in [2.24, 2.45) is 0 Å². The molecule has 0 rings (SSSR count). The third kappa shape index (κ3) is 8.88. The summed E-state index contributed by atoms with van der Waals surface area (Å²) in [6, 6.07) is 0. The SMILES string of the molecule is C\C=C/C(F)=C\C=C\SCC(=O)O. The number of rotatable bonds is 5. The van der Waals surface area contributed by atoms with Gasteiger partial charge in [0, 0.05) is 0 Å². The van der Waals surface area contributed by atoms with Crippen LogP contribution in [0.5, 0.6) is 0 Å². The van der Waals surface area contributed by atoms with Crippen LogP contribution in [0.25, 0.3) is 0 Å². The first-order valence-electron chi connectivity index (χ1n) is 3.65. The van der Waals surface area contributed by atoms with Crippen LogP contribution in [0.1, 0.15) is 6.92 Å². The number of carbonyl (C=O) groups is 1. The first kappa shape index (κ1) is 12.0. The molecule has 0 heterocycles. The predicted octanol–water partition coefficient (Wildman–Crippen LogP) is 2.75. The fourth-order valence-corrected chi connectivity index (χ4v) is 0.949. The summed E-state index contributed by atoms with van der Waals surface area (Å²) in [5.74, 6) is -1.24. The number of hydrogen-bond donors (Lipinski definition) is 1. The van der Waals surface area contributed by atoms with E-state index in [0.717, 1.165) is 11.8 Å². The summed E-state index contributed by atoms with van der Waals surface area (Å²) in [6.45, 7) is 1.72. The van der Waals surface area contributed by atoms with Crippen molar-refractivity contribution in [3.8, 4) is 0 Å². The zero-order chi connectivity index (χ0) is 10.1. The molecule has 13 heavy (non-hydrogen) atoms. The minimum atomic E-state index is -0.882. The molecule has 0 aromatic carbocycles. The molecule has 0 atom stereocenters. The molecule has 0 aliphatic rings. The Morgan fingerprint density at radius 2 is 2.31 bits per heavy atom. The van der Waals surface area contributed by atoms with Crippen LogP contribution in [0.4, 0.5) is 4.39 Å². The lowest BCUT2D eigenvalue weighted by atomic mass is 10.4. The first-order chi connectivity index (χ1) is 6.16. The minimum absolute atomic E-state index is 0.00439. The molecule has 1 N–H and O–H groups in total. The molecular formula is C9H11FO2S. The van der Waals surface area contributed by atoms with E-state index in [-0.39, 0.29) is 11.6 Å². The van der Waals surface area contributed by atoms with Crippen LogP contribution < -0.4 is 0 Å². The van der Waals surface area contributed by atoms with Gasteiger partial charge in [0.2, 0.25) is 0 Å². The lowest BCUT2D eigenvalue weighted by Crippen LogP contribution is -1.95. The Morgan fingerprint density at radius 1 is 1.62 bits per heavy atom. The maximum atomic E-state index is 12.6. The lowest BCUT2D eigenvalue weighted by Gasteiger charge is -1.85. The summed E-state index contributed by atoms with van der Waals surface area (Å²) in [5, 5.41) is 9.79. The third-order valence-electron chi connectivity index (χ3n) is 0.963. The van der Waals surface area contributed by atoms with Crippen molar-refractivity contribution in [2.45, 2.75) is 6.92 Å². The summed E-state index contributed by atoms with van der Waals surface area (Å²) in [7, 11) is 0. The molecule has 0 saturated carbocycles. The van der Waals surface area contributed by atoms with Crippen molar-refractivity contribution >= 4 is 17.7 Å². The smallest absolute Gasteiger partial charge is 0.313 e. The topological polar surface area (TPSA) is 37.3 Å². The van der Waals surface area contributed by atoms with E-state index in [0.29, 0.717) is 0 Å². The zero-order valence-electron chi connectivity index (χ0n) is 7.24. The van der Waals surface area contributed by atoms with Gasteiger partial charge < -0.3 is 5.11 Å². The summed E-state index contributed by atoms with van der Waals surface area (Å²) >= 11 is 1.11. The molecule has 0 spiro atoms. The number of halogens is 1. The van der Waals surface area contributed by atoms with E-state index < -0.39 is 5.97 Å². The average molecular weight is 202 g/mol. The summed E-state index contributed by atoms with van der Waals surface area (Å²) in [6.07, 6.45) is 5.66. The van der Waals surface area contributed by atoms with Gasteiger partial charge >= 0.3 is 5.97 Å². The average Bonchev–Trinajstić information content (AvgIpc) is 2.03. The Balaban J connectivity index is 3.73. The second kappa shape index (κ2) is 7.61. The van der Waals surface area contributed by atoms with Gasteiger partial charge in [0.05, 0.1) is 5.75 Å². The van der Waals surface area contributed by atoms with Crippen molar-refractivity contribution in [2.75, 3.05) is 5.75 Å². The predicted molar refractivity (Wildman–Crippen MR) is 53.2 cm³/mol. The highest BCUT2D eigenvalue weighted by Gasteiger charge is 1.91. The van der Waals surface area contributed by atoms with E-state index >= 15 is 0 Å². The van der Waals surface area contributed by atoms with E-state index in [1.54, 1.807) is 13.0 Å². The first-order valence-corrected chi connectivity index (χ1v) is 4.70. The number of hydrogen-bond acceptors (Lipinski definition) is 2. The molecule has 0 saturated heterocycles. The molecular weight excluding hydrogens is 191 g/mol. The lowest BCUT2D eigenvalue weighted by molar-refractivity contribution is -0.133. The number of aliphatic carboxylic acids is 1. The molecule has 0 radical (unpaired) electrons. The quantitative estimate of drug-likeness (QED) is 0.696. The van der Waals surface area contributed by atoms with Crippen LogP contribution in [0.3, 0.4) is 0 Å². The molecule has 0 unspecified atom stereocenters. The van der Waals surface area contributed by atoms with Gasteiger partial charge in [-0.15, -0.1) is 11.8 Å². The Morgan fingerprint density at radius 3 is 2.85 bits per heavy atom. The third-order valence-corrected chi connectivity index (χ3v) is 1.73. The van der Waals surface area contributed by atoms with E-state index in [4.69, 9.17) is 5.11 Å². The van der Waals surface area contributed by atoms with Gasteiger partial charge in [0.25, 0.3) is 0 Å². The standard InChI is InChI=1S/C9H11FO2S/c1-2-4-8(10)5-3-6-13-7-9(11)12/h2-6H,7H2,1H3,(H,11,12)/b4-2-,6-3+,8-5+. The molecule has 0 bridgehead atoms. The second-order valence-corrected chi connectivity index (χ2v) is 2.98. The van der Waals surface area contributed by atoms with E-state index in [2.05, 4.69) is 0 Å². The van der Waals surface area contributed by atoms with Gasteiger partial charge in [-0.25, -0.2) is 4.39 Å². The van der Waals surface area contributed by atoms with Gasteiger partial charge in [-0.1, -0.05) is 12.2 Å². The highest BCUT2D eigenvalue weighted by molar-refractivity contribution is 8.02. The molecule has 72 valence electrons. The van der Waals surface area contributed by atoms with Gasteiger partial charge in [0.1, 0.15) is 5.83 Å². The van der Waals surface area contributed by atoms with Gasteiger partial charge in [-0.05, 0) is 24.5 Å². The highest BCUT2D eigenvalue weighted by Crippen LogP contribution is 2.03. The highest BCUT2D eigenvalue weighted by atomic mass is 32.2. The molecule has 2 nitrogen and oxygen atoms in total. The van der Waals surface area contributed by atoms with E-state index in [9.17, 15) is 9.18 Å². The Labute approximate surface area is 80.8 Å². The Bertz CT molecular complexity index is 244. The number of thioether (sulfide) groups is 1. The van der Waals surface area contributed by atoms with Crippen molar-refractivity contribution in [3.05, 3.63) is 35.5 Å². The van der Waals surface area contributed by atoms with Crippen LogP contribution in [0.15, 0.2) is 35.5 Å². The van der Waals surface area contributed by atoms with Gasteiger partial charge in [-0.3, -0.25) is 4.79 Å². The van der Waals surface area contributed by atoms with Crippen LogP contribution in [-0.4, -0.2) is 16.8 Å². The van der Waals surface area contributed by atoms with Crippen LogP contribution in [0, 0.1) is 0 Å². The number of carboxylic acids is 1. The van der Waals surface area contributed by atoms with E-state index in [1.165, 1.54) is 23.6 Å². The molecule has 0 aromatic heterocycles. The normalized spacial score (nSPS) is 12.9. The molecule has 0 aliphatic heterocycles. The van der Waals surface area contributed by atoms with Crippen molar-refractivity contribution < 1.29 is 14.3 Å². The molecule has 0 aromatic rings. The fourth-order valence-electron chi connectivity index (χ4n) is 0.521. The molecule has 0 amide bonds. The molecule has 4 heteroatoms. The Hall–Kier alpha value is -1.03. The van der Waals surface area contributed by atoms with Crippen LogP contribution in [-0.2, 0) is 4.79 Å². The fraction of sp³-hybridized carbons (Fsp3) is 0.222. The van der Waals surface area contributed by atoms with Crippen LogP contribution in [0.2, 0.25) is 0 Å². The van der Waals surface area contributed by atoms with E-state index in [1.807, 2.05) is 0 Å². The summed E-state index contributed by atoms with van der Waals surface area (Å²) < 4.78 is 12.6. The zero-order valence-corrected chi connectivity index (χ0v) is 8.05. The second-order valence-electron chi connectivity index (χ2n) is 2.08. The number of carboxylic acid groups (broad SMARTS) is 1.